The maximum atomic E-state index is 6.75. The Hall–Kier alpha value is -3.60. The Morgan fingerprint density at radius 2 is 0.791 bits per heavy atom. The largest absolute Gasteiger partial charge is 0.374 e. The summed E-state index contributed by atoms with van der Waals surface area (Å²) in [6.45, 7) is 1.45. The van der Waals surface area contributed by atoms with Crippen molar-refractivity contribution in [3.05, 3.63) is 175 Å². The number of benzene rings is 5. The molecule has 0 unspecified atom stereocenters. The average molecular weight is 599 g/mol. The molecular weight excluding hydrogens is 558 g/mol. The van der Waals surface area contributed by atoms with E-state index < -0.39 is 14.5 Å². The molecular formula is C40H40OP2+2. The van der Waals surface area contributed by atoms with E-state index in [1.165, 1.54) is 26.5 Å². The number of hydrogen-bond acceptors (Lipinski definition) is 1. The second-order valence-electron chi connectivity index (χ2n) is 11.0. The van der Waals surface area contributed by atoms with E-state index in [1.807, 2.05) is 0 Å². The standard InChI is InChI=1S/C40H40OP2/c1-7-19-35(20-8-1)42(36-21-9-2-10-22-36,37-23-11-3-12-24-37)33-31-41-32-34-43(38-25-13-4-14-26-38,39-27-15-5-16-28-39)40-29-17-6-18-30-40/h1-17,19-29H,18,30-34H2/q+2. The zero-order valence-electron chi connectivity index (χ0n) is 24.7. The van der Waals surface area contributed by atoms with Crippen LogP contribution in [0.2, 0.25) is 0 Å². The molecule has 5 aromatic carbocycles. The number of ether oxygens (including phenoxy) is 1. The van der Waals surface area contributed by atoms with E-state index in [-0.39, 0.29) is 0 Å². The molecule has 5 aromatic rings. The van der Waals surface area contributed by atoms with Crippen molar-refractivity contribution in [1.82, 2.24) is 0 Å². The van der Waals surface area contributed by atoms with Gasteiger partial charge < -0.3 is 4.74 Å². The summed E-state index contributed by atoms with van der Waals surface area (Å²) in [5, 5.41) is 8.70. The fourth-order valence-electron chi connectivity index (χ4n) is 6.54. The molecule has 0 fully saturated rings. The Morgan fingerprint density at radius 3 is 1.14 bits per heavy atom. The van der Waals surface area contributed by atoms with Crippen molar-refractivity contribution in [3.8, 4) is 0 Å². The Kier molecular flexibility index (Phi) is 9.76. The molecule has 0 aromatic heterocycles. The van der Waals surface area contributed by atoms with Crippen LogP contribution in [0.3, 0.4) is 0 Å². The quantitative estimate of drug-likeness (QED) is 0.105. The molecule has 0 saturated carbocycles. The van der Waals surface area contributed by atoms with Crippen LogP contribution in [0.5, 0.6) is 0 Å². The van der Waals surface area contributed by atoms with Gasteiger partial charge in [0.05, 0.1) is 30.9 Å². The highest BCUT2D eigenvalue weighted by Gasteiger charge is 2.47. The lowest BCUT2D eigenvalue weighted by Gasteiger charge is -2.31. The van der Waals surface area contributed by atoms with Crippen LogP contribution in [0.4, 0.5) is 0 Å². The maximum absolute atomic E-state index is 6.75. The summed E-state index contributed by atoms with van der Waals surface area (Å²) in [7, 11) is -3.75. The van der Waals surface area contributed by atoms with Gasteiger partial charge in [0.1, 0.15) is 41.0 Å². The third-order valence-electron chi connectivity index (χ3n) is 8.61. The first-order valence-corrected chi connectivity index (χ1v) is 19.3. The van der Waals surface area contributed by atoms with Crippen molar-refractivity contribution in [2.75, 3.05) is 25.5 Å². The first kappa shape index (κ1) is 29.5. The topological polar surface area (TPSA) is 9.23 Å². The molecule has 43 heavy (non-hydrogen) atoms. The lowest BCUT2D eigenvalue weighted by Crippen LogP contribution is -2.35. The van der Waals surface area contributed by atoms with Crippen molar-refractivity contribution < 1.29 is 4.74 Å². The summed E-state index contributed by atoms with van der Waals surface area (Å²) < 4.78 is 6.75. The van der Waals surface area contributed by atoms with Crippen LogP contribution in [-0.4, -0.2) is 25.5 Å². The predicted octanol–water partition coefficient (Wildman–Crippen LogP) is 7.90. The highest BCUT2D eigenvalue weighted by molar-refractivity contribution is 7.95. The van der Waals surface area contributed by atoms with Crippen molar-refractivity contribution >= 4 is 41.0 Å². The molecule has 0 amide bonds. The highest BCUT2D eigenvalue weighted by Crippen LogP contribution is 2.65. The molecule has 1 nitrogen and oxygen atoms in total. The first-order chi connectivity index (χ1) is 21.3. The normalized spacial score (nSPS) is 13.4. The predicted molar refractivity (Wildman–Crippen MR) is 191 cm³/mol. The minimum absolute atomic E-state index is 0.717. The molecule has 0 radical (unpaired) electrons. The molecule has 3 heteroatoms. The first-order valence-electron chi connectivity index (χ1n) is 15.3. The maximum Gasteiger partial charge on any atom is 0.114 e. The molecule has 214 valence electrons. The fraction of sp³-hybridized carbons (Fsp3) is 0.150. The third kappa shape index (κ3) is 6.23. The van der Waals surface area contributed by atoms with E-state index >= 15 is 0 Å². The zero-order chi connectivity index (χ0) is 29.2. The van der Waals surface area contributed by atoms with Crippen molar-refractivity contribution in [1.29, 1.82) is 0 Å². The van der Waals surface area contributed by atoms with Crippen LogP contribution >= 0.6 is 14.5 Å². The van der Waals surface area contributed by atoms with E-state index in [0.717, 1.165) is 38.4 Å². The van der Waals surface area contributed by atoms with Crippen LogP contribution in [0.15, 0.2) is 175 Å². The zero-order valence-corrected chi connectivity index (χ0v) is 26.5. The average Bonchev–Trinajstić information content (AvgIpc) is 3.11. The second kappa shape index (κ2) is 14.2. The molecule has 0 N–H and O–H groups in total. The Balaban J connectivity index is 1.32. The Labute approximate surface area is 258 Å². The van der Waals surface area contributed by atoms with Gasteiger partial charge in [0.2, 0.25) is 0 Å². The molecule has 0 saturated heterocycles. The summed E-state index contributed by atoms with van der Waals surface area (Å²) in [5.41, 5.74) is 0. The molecule has 1 aliphatic rings. The van der Waals surface area contributed by atoms with Crippen molar-refractivity contribution in [2.24, 2.45) is 0 Å². The summed E-state index contributed by atoms with van der Waals surface area (Å²) in [6.07, 6.45) is 11.1. The summed E-state index contributed by atoms with van der Waals surface area (Å²) in [6, 6.07) is 55.8. The fourth-order valence-corrected chi connectivity index (χ4v) is 15.0. The van der Waals surface area contributed by atoms with Gasteiger partial charge in [-0.3, -0.25) is 0 Å². The van der Waals surface area contributed by atoms with Crippen molar-refractivity contribution in [3.63, 3.8) is 0 Å². The number of hydrogen-bond donors (Lipinski definition) is 0. The lowest BCUT2D eigenvalue weighted by molar-refractivity contribution is 0.166. The van der Waals surface area contributed by atoms with Gasteiger partial charge in [-0.2, -0.15) is 0 Å². The van der Waals surface area contributed by atoms with Crippen LogP contribution < -0.4 is 26.5 Å². The van der Waals surface area contributed by atoms with E-state index in [0.29, 0.717) is 0 Å². The van der Waals surface area contributed by atoms with Gasteiger partial charge in [0.25, 0.3) is 0 Å². The number of allylic oxidation sites excluding steroid dienone is 4. The molecule has 1 aliphatic carbocycles. The number of rotatable bonds is 12. The monoisotopic (exact) mass is 598 g/mol. The molecule has 6 rings (SSSR count). The van der Waals surface area contributed by atoms with Gasteiger partial charge in [0, 0.05) is 6.42 Å². The highest BCUT2D eigenvalue weighted by atomic mass is 31.2. The second-order valence-corrected chi connectivity index (χ2v) is 18.3. The molecule has 0 spiro atoms. The molecule has 0 bridgehead atoms. The van der Waals surface area contributed by atoms with Crippen LogP contribution in [-0.2, 0) is 4.74 Å². The summed E-state index contributed by atoms with van der Waals surface area (Å²) >= 11 is 0. The smallest absolute Gasteiger partial charge is 0.114 e. The van der Waals surface area contributed by atoms with E-state index in [4.69, 9.17) is 4.74 Å². The molecule has 0 aliphatic heterocycles. The Morgan fingerprint density at radius 1 is 0.442 bits per heavy atom. The van der Waals surface area contributed by atoms with Gasteiger partial charge in [-0.1, -0.05) is 103 Å². The molecule has 0 atom stereocenters. The van der Waals surface area contributed by atoms with Crippen LogP contribution in [0.25, 0.3) is 0 Å². The van der Waals surface area contributed by atoms with E-state index in [2.05, 4.69) is 170 Å². The minimum atomic E-state index is -1.91. The van der Waals surface area contributed by atoms with Crippen LogP contribution in [0.1, 0.15) is 12.8 Å². The van der Waals surface area contributed by atoms with E-state index in [1.54, 1.807) is 5.31 Å². The van der Waals surface area contributed by atoms with Gasteiger partial charge in [0.15, 0.2) is 0 Å². The van der Waals surface area contributed by atoms with Crippen LogP contribution in [0, 0.1) is 0 Å². The van der Waals surface area contributed by atoms with E-state index in [9.17, 15) is 0 Å². The molecule has 0 heterocycles. The van der Waals surface area contributed by atoms with Gasteiger partial charge >= 0.3 is 0 Å². The summed E-state index contributed by atoms with van der Waals surface area (Å²) in [4.78, 5) is 0. The third-order valence-corrected chi connectivity index (χ3v) is 17.6. The SMILES string of the molecule is C1=CCCC([P+](CCOCC[P+](c2ccccc2)(c2ccccc2)c2ccccc2)(c2ccccc2)c2ccccc2)=C1. The van der Waals surface area contributed by atoms with Gasteiger partial charge in [-0.05, 0) is 73.2 Å². The van der Waals surface area contributed by atoms with Crippen molar-refractivity contribution in [2.45, 2.75) is 12.8 Å². The Bertz CT molecular complexity index is 1480. The van der Waals surface area contributed by atoms with Gasteiger partial charge in [-0.15, -0.1) is 0 Å². The van der Waals surface area contributed by atoms with Gasteiger partial charge in [-0.25, -0.2) is 0 Å². The summed E-state index contributed by atoms with van der Waals surface area (Å²) in [5.74, 6) is 0. The minimum Gasteiger partial charge on any atom is -0.374 e. The lowest BCUT2D eigenvalue weighted by atomic mass is 10.2.